The summed E-state index contributed by atoms with van der Waals surface area (Å²) in [7, 11) is 1.66. The molecule has 0 atom stereocenters. The highest BCUT2D eigenvalue weighted by atomic mass is 79.9. The number of halogens is 1. The minimum absolute atomic E-state index is 0.543. The Morgan fingerprint density at radius 3 is 2.57 bits per heavy atom. The van der Waals surface area contributed by atoms with Gasteiger partial charge in [0.1, 0.15) is 5.52 Å². The van der Waals surface area contributed by atoms with Crippen LogP contribution < -0.4 is 4.74 Å². The minimum atomic E-state index is 0.543. The van der Waals surface area contributed by atoms with Gasteiger partial charge in [-0.1, -0.05) is 28.8 Å². The summed E-state index contributed by atoms with van der Waals surface area (Å²) in [6.45, 7) is 0. The molecule has 0 bridgehead atoms. The molecule has 1 aliphatic rings. The maximum atomic E-state index is 5.51. The number of methoxy groups -OCH3 is 1. The molecule has 0 radical (unpaired) electrons. The average molecular weight is 372 g/mol. The Hall–Kier alpha value is -1.88. The zero-order valence-corrected chi connectivity index (χ0v) is 14.6. The third-order valence-electron chi connectivity index (χ3n) is 4.59. The molecule has 3 aromatic rings. The first-order valence-electron chi connectivity index (χ1n) is 7.95. The first-order chi connectivity index (χ1) is 11.3. The van der Waals surface area contributed by atoms with E-state index < -0.39 is 0 Å². The van der Waals surface area contributed by atoms with Crippen LogP contribution >= 0.6 is 15.9 Å². The summed E-state index contributed by atoms with van der Waals surface area (Å²) in [5, 5.41) is 6.12. The van der Waals surface area contributed by atoms with Crippen molar-refractivity contribution in [3.8, 4) is 11.6 Å². The van der Waals surface area contributed by atoms with Crippen LogP contribution in [0.2, 0.25) is 0 Å². The molecule has 5 heteroatoms. The van der Waals surface area contributed by atoms with E-state index in [1.807, 2.05) is 23.0 Å². The fourth-order valence-corrected chi connectivity index (χ4v) is 3.74. The van der Waals surface area contributed by atoms with Crippen LogP contribution in [0.15, 0.2) is 41.0 Å². The second kappa shape index (κ2) is 5.96. The lowest BCUT2D eigenvalue weighted by Crippen LogP contribution is -2.00. The summed E-state index contributed by atoms with van der Waals surface area (Å²) in [5.41, 5.74) is 3.16. The minimum Gasteiger partial charge on any atom is -0.479 e. The van der Waals surface area contributed by atoms with E-state index in [4.69, 9.17) is 9.84 Å². The van der Waals surface area contributed by atoms with E-state index in [0.717, 1.165) is 21.1 Å². The van der Waals surface area contributed by atoms with Gasteiger partial charge in [0, 0.05) is 22.0 Å². The molecule has 1 aromatic carbocycles. The average Bonchev–Trinajstić information content (AvgIpc) is 3.22. The number of hydrogen-bond donors (Lipinski definition) is 0. The SMILES string of the molecule is COc1nccc2c(C3CCCC3)nn(-c3ccc(Br)cc3)c12. The molecule has 1 fully saturated rings. The molecule has 4 nitrogen and oxygen atoms in total. The number of rotatable bonds is 3. The van der Waals surface area contributed by atoms with Crippen molar-refractivity contribution >= 4 is 26.8 Å². The lowest BCUT2D eigenvalue weighted by molar-refractivity contribution is 0.401. The largest absolute Gasteiger partial charge is 0.479 e. The second-order valence-electron chi connectivity index (χ2n) is 5.97. The Balaban J connectivity index is 1.96. The fourth-order valence-electron chi connectivity index (χ4n) is 3.48. The molecule has 1 aliphatic carbocycles. The van der Waals surface area contributed by atoms with E-state index in [9.17, 15) is 0 Å². The molecule has 2 aromatic heterocycles. The molecule has 118 valence electrons. The van der Waals surface area contributed by atoms with E-state index in [0.29, 0.717) is 11.8 Å². The van der Waals surface area contributed by atoms with Gasteiger partial charge in [0.2, 0.25) is 5.88 Å². The third-order valence-corrected chi connectivity index (χ3v) is 5.12. The van der Waals surface area contributed by atoms with Crippen molar-refractivity contribution in [1.29, 1.82) is 0 Å². The van der Waals surface area contributed by atoms with Gasteiger partial charge in [0.05, 0.1) is 18.5 Å². The molecule has 0 unspecified atom stereocenters. The monoisotopic (exact) mass is 371 g/mol. The molecule has 0 aliphatic heterocycles. The van der Waals surface area contributed by atoms with Crippen molar-refractivity contribution in [1.82, 2.24) is 14.8 Å². The van der Waals surface area contributed by atoms with Gasteiger partial charge < -0.3 is 4.74 Å². The quantitative estimate of drug-likeness (QED) is 0.660. The van der Waals surface area contributed by atoms with Crippen molar-refractivity contribution in [3.05, 3.63) is 46.7 Å². The predicted octanol–water partition coefficient (Wildman–Crippen LogP) is 4.85. The summed E-state index contributed by atoms with van der Waals surface area (Å²) >= 11 is 3.49. The number of pyridine rings is 1. The van der Waals surface area contributed by atoms with Crippen LogP contribution in [0, 0.1) is 0 Å². The van der Waals surface area contributed by atoms with Crippen molar-refractivity contribution < 1.29 is 4.74 Å². The Morgan fingerprint density at radius 2 is 1.87 bits per heavy atom. The van der Waals surface area contributed by atoms with Gasteiger partial charge in [-0.2, -0.15) is 5.10 Å². The van der Waals surface area contributed by atoms with E-state index in [-0.39, 0.29) is 0 Å². The van der Waals surface area contributed by atoms with E-state index >= 15 is 0 Å². The number of fused-ring (bicyclic) bond motifs is 1. The third kappa shape index (κ3) is 2.53. The van der Waals surface area contributed by atoms with Crippen LogP contribution in [0.1, 0.15) is 37.3 Å². The summed E-state index contributed by atoms with van der Waals surface area (Å²) in [6, 6.07) is 10.2. The van der Waals surface area contributed by atoms with Gasteiger partial charge in [-0.3, -0.25) is 0 Å². The molecule has 0 saturated heterocycles. The number of nitrogens with zero attached hydrogens (tertiary/aromatic N) is 3. The highest BCUT2D eigenvalue weighted by Crippen LogP contribution is 2.39. The molecule has 1 saturated carbocycles. The van der Waals surface area contributed by atoms with Crippen LogP contribution in [-0.4, -0.2) is 21.9 Å². The molecule has 2 heterocycles. The molecular weight excluding hydrogens is 354 g/mol. The van der Waals surface area contributed by atoms with Gasteiger partial charge in [-0.05, 0) is 43.2 Å². The van der Waals surface area contributed by atoms with E-state index in [2.05, 4.69) is 39.1 Å². The zero-order chi connectivity index (χ0) is 15.8. The summed E-state index contributed by atoms with van der Waals surface area (Å²) < 4.78 is 8.54. The summed E-state index contributed by atoms with van der Waals surface area (Å²) in [4.78, 5) is 4.38. The van der Waals surface area contributed by atoms with Gasteiger partial charge in [0.25, 0.3) is 0 Å². The van der Waals surface area contributed by atoms with Crippen molar-refractivity contribution in [3.63, 3.8) is 0 Å². The summed E-state index contributed by atoms with van der Waals surface area (Å²) in [6.07, 6.45) is 6.83. The van der Waals surface area contributed by atoms with Gasteiger partial charge in [0.15, 0.2) is 0 Å². The Bertz CT molecular complexity index is 835. The number of aromatic nitrogens is 3. The maximum absolute atomic E-state index is 5.51. The lowest BCUT2D eigenvalue weighted by atomic mass is 10.0. The predicted molar refractivity (Wildman–Crippen MR) is 94.3 cm³/mol. The van der Waals surface area contributed by atoms with Crippen molar-refractivity contribution in [2.45, 2.75) is 31.6 Å². The standard InChI is InChI=1S/C18H18BrN3O/c1-23-18-17-15(10-11-20-18)16(12-4-2-3-5-12)21-22(17)14-8-6-13(19)7-9-14/h6-12H,2-5H2,1H3. The fraction of sp³-hybridized carbons (Fsp3) is 0.333. The highest BCUT2D eigenvalue weighted by molar-refractivity contribution is 9.10. The van der Waals surface area contributed by atoms with Crippen LogP contribution in [-0.2, 0) is 0 Å². The normalized spacial score (nSPS) is 15.4. The van der Waals surface area contributed by atoms with Crippen molar-refractivity contribution in [2.24, 2.45) is 0 Å². The van der Waals surface area contributed by atoms with Crippen LogP contribution in [0.4, 0.5) is 0 Å². The first kappa shape index (κ1) is 14.7. The maximum Gasteiger partial charge on any atom is 0.240 e. The molecule has 0 spiro atoms. The zero-order valence-electron chi connectivity index (χ0n) is 13.0. The van der Waals surface area contributed by atoms with E-state index in [1.165, 1.54) is 31.4 Å². The number of hydrogen-bond acceptors (Lipinski definition) is 3. The topological polar surface area (TPSA) is 39.9 Å². The Morgan fingerprint density at radius 1 is 1.13 bits per heavy atom. The number of ether oxygens (including phenoxy) is 1. The first-order valence-corrected chi connectivity index (χ1v) is 8.75. The van der Waals surface area contributed by atoms with Gasteiger partial charge in [-0.15, -0.1) is 0 Å². The molecule has 0 N–H and O–H groups in total. The molecule has 0 amide bonds. The highest BCUT2D eigenvalue weighted by Gasteiger charge is 2.25. The van der Waals surface area contributed by atoms with Crippen LogP contribution in [0.5, 0.6) is 5.88 Å². The summed E-state index contributed by atoms with van der Waals surface area (Å²) in [5.74, 6) is 1.17. The number of benzene rings is 1. The molecule has 4 rings (SSSR count). The smallest absolute Gasteiger partial charge is 0.240 e. The van der Waals surface area contributed by atoms with Gasteiger partial charge >= 0.3 is 0 Å². The van der Waals surface area contributed by atoms with Crippen LogP contribution in [0.25, 0.3) is 16.6 Å². The Labute approximate surface area is 143 Å². The van der Waals surface area contributed by atoms with Gasteiger partial charge in [-0.25, -0.2) is 9.67 Å². The van der Waals surface area contributed by atoms with Crippen molar-refractivity contribution in [2.75, 3.05) is 7.11 Å². The van der Waals surface area contributed by atoms with E-state index in [1.54, 1.807) is 7.11 Å². The van der Waals surface area contributed by atoms with Crippen LogP contribution in [0.3, 0.4) is 0 Å². The molecule has 23 heavy (non-hydrogen) atoms. The Kier molecular flexibility index (Phi) is 3.81. The molecular formula is C18H18BrN3O. The second-order valence-corrected chi connectivity index (χ2v) is 6.89. The lowest BCUT2D eigenvalue weighted by Gasteiger charge is -2.06.